The lowest BCUT2D eigenvalue weighted by Gasteiger charge is -2.18. The van der Waals surface area contributed by atoms with Crippen LogP contribution < -0.4 is 10.1 Å². The molecule has 23 heavy (non-hydrogen) atoms. The van der Waals surface area contributed by atoms with Crippen LogP contribution in [0.1, 0.15) is 37.8 Å². The van der Waals surface area contributed by atoms with Gasteiger partial charge < -0.3 is 10.1 Å². The minimum Gasteiger partial charge on any atom is -0.481 e. The summed E-state index contributed by atoms with van der Waals surface area (Å²) in [5, 5.41) is 3.51. The number of ether oxygens (including phenoxy) is 1. The van der Waals surface area contributed by atoms with E-state index in [9.17, 15) is 4.79 Å². The standard InChI is InChI=1S/C19H22ClNO2/c1-13(2)16-9-5-7-11-18(16)23-14(3)19(22)21-12-15-8-4-6-10-17(15)20/h4-11,13-14H,12H2,1-3H3,(H,21,22)/t14-/m0/s1. The van der Waals surface area contributed by atoms with E-state index in [4.69, 9.17) is 16.3 Å². The Balaban J connectivity index is 1.97. The highest BCUT2D eigenvalue weighted by Crippen LogP contribution is 2.26. The van der Waals surface area contributed by atoms with Gasteiger partial charge in [0.05, 0.1) is 0 Å². The van der Waals surface area contributed by atoms with Crippen molar-refractivity contribution < 1.29 is 9.53 Å². The Hall–Kier alpha value is -2.00. The van der Waals surface area contributed by atoms with Gasteiger partial charge in [-0.2, -0.15) is 0 Å². The van der Waals surface area contributed by atoms with E-state index < -0.39 is 6.10 Å². The third-order valence-electron chi connectivity index (χ3n) is 3.62. The number of hydrogen-bond acceptors (Lipinski definition) is 2. The third kappa shape index (κ3) is 4.73. The predicted octanol–water partition coefficient (Wildman–Crippen LogP) is 4.55. The third-order valence-corrected chi connectivity index (χ3v) is 3.99. The zero-order valence-electron chi connectivity index (χ0n) is 13.7. The molecule has 2 aromatic rings. The van der Waals surface area contributed by atoms with E-state index in [0.717, 1.165) is 16.9 Å². The summed E-state index contributed by atoms with van der Waals surface area (Å²) >= 11 is 6.09. The first-order chi connectivity index (χ1) is 11.0. The van der Waals surface area contributed by atoms with Crippen molar-refractivity contribution in [2.75, 3.05) is 0 Å². The molecule has 0 fully saturated rings. The van der Waals surface area contributed by atoms with Gasteiger partial charge in [0.25, 0.3) is 5.91 Å². The van der Waals surface area contributed by atoms with Crippen LogP contribution in [0.4, 0.5) is 0 Å². The molecule has 0 aliphatic heterocycles. The minimum absolute atomic E-state index is 0.163. The number of para-hydroxylation sites is 1. The molecule has 2 rings (SSSR count). The normalized spacial score (nSPS) is 12.0. The number of amides is 1. The van der Waals surface area contributed by atoms with Gasteiger partial charge in [0, 0.05) is 11.6 Å². The summed E-state index contributed by atoms with van der Waals surface area (Å²) < 4.78 is 5.84. The summed E-state index contributed by atoms with van der Waals surface area (Å²) in [5.74, 6) is 0.927. The lowest BCUT2D eigenvalue weighted by atomic mass is 10.0. The van der Waals surface area contributed by atoms with Crippen molar-refractivity contribution in [2.45, 2.75) is 39.3 Å². The van der Waals surface area contributed by atoms with E-state index >= 15 is 0 Å². The average Bonchev–Trinajstić information content (AvgIpc) is 2.54. The van der Waals surface area contributed by atoms with Crippen LogP contribution in [0.3, 0.4) is 0 Å². The molecule has 0 aromatic heterocycles. The highest BCUT2D eigenvalue weighted by molar-refractivity contribution is 6.31. The fourth-order valence-electron chi connectivity index (χ4n) is 2.28. The quantitative estimate of drug-likeness (QED) is 0.843. The van der Waals surface area contributed by atoms with Gasteiger partial charge in [-0.3, -0.25) is 4.79 Å². The number of nitrogens with one attached hydrogen (secondary N) is 1. The van der Waals surface area contributed by atoms with Gasteiger partial charge >= 0.3 is 0 Å². The second-order valence-electron chi connectivity index (χ2n) is 5.76. The molecular formula is C19H22ClNO2. The fraction of sp³-hybridized carbons (Fsp3) is 0.316. The lowest BCUT2D eigenvalue weighted by molar-refractivity contribution is -0.127. The average molecular weight is 332 g/mol. The van der Waals surface area contributed by atoms with Crippen LogP contribution in [0.25, 0.3) is 0 Å². The molecule has 0 saturated heterocycles. The topological polar surface area (TPSA) is 38.3 Å². The van der Waals surface area contributed by atoms with E-state index in [2.05, 4.69) is 19.2 Å². The maximum atomic E-state index is 12.2. The number of benzene rings is 2. The Bertz CT molecular complexity index is 670. The molecule has 1 atom stereocenters. The minimum atomic E-state index is -0.572. The zero-order chi connectivity index (χ0) is 16.8. The van der Waals surface area contributed by atoms with E-state index in [-0.39, 0.29) is 5.91 Å². The number of rotatable bonds is 6. The van der Waals surface area contributed by atoms with Crippen molar-refractivity contribution in [1.82, 2.24) is 5.32 Å². The van der Waals surface area contributed by atoms with Gasteiger partial charge in [0.15, 0.2) is 6.10 Å². The first-order valence-electron chi connectivity index (χ1n) is 7.75. The molecule has 0 aliphatic carbocycles. The van der Waals surface area contributed by atoms with Crippen molar-refractivity contribution in [3.63, 3.8) is 0 Å². The fourth-order valence-corrected chi connectivity index (χ4v) is 2.48. The van der Waals surface area contributed by atoms with Crippen LogP contribution in [-0.2, 0) is 11.3 Å². The van der Waals surface area contributed by atoms with Crippen molar-refractivity contribution in [1.29, 1.82) is 0 Å². The van der Waals surface area contributed by atoms with Gasteiger partial charge in [-0.05, 0) is 36.1 Å². The highest BCUT2D eigenvalue weighted by Gasteiger charge is 2.17. The molecule has 122 valence electrons. The molecule has 0 bridgehead atoms. The molecular weight excluding hydrogens is 310 g/mol. The van der Waals surface area contributed by atoms with E-state index in [1.165, 1.54) is 0 Å². The van der Waals surface area contributed by atoms with Crippen molar-refractivity contribution in [3.05, 3.63) is 64.7 Å². The summed E-state index contributed by atoms with van der Waals surface area (Å²) in [6.45, 7) is 6.34. The lowest BCUT2D eigenvalue weighted by Crippen LogP contribution is -2.36. The Morgan fingerprint density at radius 2 is 1.74 bits per heavy atom. The van der Waals surface area contributed by atoms with Crippen molar-refractivity contribution >= 4 is 17.5 Å². The molecule has 0 unspecified atom stereocenters. The summed E-state index contributed by atoms with van der Waals surface area (Å²) in [6, 6.07) is 15.3. The molecule has 1 N–H and O–H groups in total. The Morgan fingerprint density at radius 1 is 1.09 bits per heavy atom. The van der Waals surface area contributed by atoms with Gasteiger partial charge in [-0.1, -0.05) is 61.8 Å². The molecule has 0 radical (unpaired) electrons. The molecule has 3 nitrogen and oxygen atoms in total. The number of carbonyl (C=O) groups excluding carboxylic acids is 1. The molecule has 0 aliphatic rings. The molecule has 2 aromatic carbocycles. The second-order valence-corrected chi connectivity index (χ2v) is 6.17. The smallest absolute Gasteiger partial charge is 0.261 e. The molecule has 0 saturated carbocycles. The number of halogens is 1. The predicted molar refractivity (Wildman–Crippen MR) is 93.9 cm³/mol. The van der Waals surface area contributed by atoms with E-state index in [1.807, 2.05) is 48.5 Å². The maximum absolute atomic E-state index is 12.2. The summed E-state index contributed by atoms with van der Waals surface area (Å²) in [6.07, 6.45) is -0.572. The number of hydrogen-bond donors (Lipinski definition) is 1. The van der Waals surface area contributed by atoms with Crippen molar-refractivity contribution in [3.8, 4) is 5.75 Å². The van der Waals surface area contributed by atoms with E-state index in [1.54, 1.807) is 6.92 Å². The van der Waals surface area contributed by atoms with Gasteiger partial charge in [0.1, 0.15) is 5.75 Å². The Labute approximate surface area is 142 Å². The Kier molecular flexibility index (Phi) is 6.05. The maximum Gasteiger partial charge on any atom is 0.261 e. The van der Waals surface area contributed by atoms with E-state index in [0.29, 0.717) is 17.5 Å². The van der Waals surface area contributed by atoms with Crippen LogP contribution in [0, 0.1) is 0 Å². The summed E-state index contributed by atoms with van der Waals surface area (Å²) in [7, 11) is 0. The van der Waals surface area contributed by atoms with Gasteiger partial charge in [0.2, 0.25) is 0 Å². The van der Waals surface area contributed by atoms with Crippen LogP contribution in [-0.4, -0.2) is 12.0 Å². The van der Waals surface area contributed by atoms with Crippen molar-refractivity contribution in [2.24, 2.45) is 0 Å². The summed E-state index contributed by atoms with van der Waals surface area (Å²) in [4.78, 5) is 12.2. The summed E-state index contributed by atoms with van der Waals surface area (Å²) in [5.41, 5.74) is 1.98. The highest BCUT2D eigenvalue weighted by atomic mass is 35.5. The van der Waals surface area contributed by atoms with Crippen LogP contribution in [0.2, 0.25) is 5.02 Å². The second kappa shape index (κ2) is 8.02. The first-order valence-corrected chi connectivity index (χ1v) is 8.13. The molecule has 0 spiro atoms. The first kappa shape index (κ1) is 17.4. The van der Waals surface area contributed by atoms with Crippen LogP contribution in [0.15, 0.2) is 48.5 Å². The zero-order valence-corrected chi connectivity index (χ0v) is 14.4. The van der Waals surface area contributed by atoms with Crippen LogP contribution >= 0.6 is 11.6 Å². The largest absolute Gasteiger partial charge is 0.481 e. The molecule has 0 heterocycles. The SMILES string of the molecule is CC(C)c1ccccc1O[C@@H](C)C(=O)NCc1ccccc1Cl. The molecule has 4 heteroatoms. The monoisotopic (exact) mass is 331 g/mol. The van der Waals surface area contributed by atoms with Gasteiger partial charge in [-0.15, -0.1) is 0 Å². The van der Waals surface area contributed by atoms with Crippen LogP contribution in [0.5, 0.6) is 5.75 Å². The Morgan fingerprint density at radius 3 is 2.43 bits per heavy atom. The van der Waals surface area contributed by atoms with Gasteiger partial charge in [-0.25, -0.2) is 0 Å². The number of carbonyl (C=O) groups is 1. The molecule has 1 amide bonds.